The molecule has 0 bridgehead atoms. The Morgan fingerprint density at radius 1 is 1.10 bits per heavy atom. The van der Waals surface area contributed by atoms with Gasteiger partial charge in [-0.1, -0.05) is 38.5 Å². The summed E-state index contributed by atoms with van der Waals surface area (Å²) < 4.78 is 16.3. The molecule has 7 heteroatoms. The molecule has 1 heterocycles. The van der Waals surface area contributed by atoms with Crippen molar-refractivity contribution in [2.75, 3.05) is 58.5 Å². The summed E-state index contributed by atoms with van der Waals surface area (Å²) >= 11 is 0. The van der Waals surface area contributed by atoms with E-state index in [1.54, 1.807) is 7.11 Å². The lowest BCUT2D eigenvalue weighted by molar-refractivity contribution is -0.168. The maximum absolute atomic E-state index is 12.8. The summed E-state index contributed by atoms with van der Waals surface area (Å²) in [5.74, 6) is 1.90. The van der Waals surface area contributed by atoms with E-state index in [-0.39, 0.29) is 17.4 Å². The molecular weight excluding hydrogens is 516 g/mol. The Morgan fingerprint density at radius 2 is 1.85 bits per heavy atom. The van der Waals surface area contributed by atoms with Crippen LogP contribution >= 0.6 is 0 Å². The van der Waals surface area contributed by atoms with Gasteiger partial charge in [0.05, 0.1) is 32.8 Å². The third-order valence-electron chi connectivity index (χ3n) is 10.6. The second-order valence-corrected chi connectivity index (χ2v) is 13.2. The number of carbonyl (C=O) groups excluding carboxylic acids is 2. The maximum atomic E-state index is 12.8. The molecule has 7 nitrogen and oxygen atoms in total. The second-order valence-electron chi connectivity index (χ2n) is 13.2. The highest BCUT2D eigenvalue weighted by Crippen LogP contribution is 2.62. The minimum Gasteiger partial charge on any atom is -0.497 e. The molecule has 3 aliphatic rings. The molecular formula is C34H52N2O5. The number of esters is 2. The summed E-state index contributed by atoms with van der Waals surface area (Å²) in [6.45, 7) is 15.5. The second kappa shape index (κ2) is 13.6. The standard InChI is InChI=1S/C34H52N2O5/c1-25(11-13-29-26(2)12-14-30-33(29,3)16-8-17-34(30,4)32(38)40-6)15-22-41-31(37)24-35-18-20-36(21-19-35)27-9-7-10-28(23-27)39-5/h7,9-10,23,25,29-30H,2,8,11-22,24H2,1,3-6H3/t25-,29-,30+,33+,34-/m0/s1. The van der Waals surface area contributed by atoms with E-state index in [9.17, 15) is 9.59 Å². The lowest BCUT2D eigenvalue weighted by Gasteiger charge is -2.57. The van der Waals surface area contributed by atoms with E-state index >= 15 is 0 Å². The molecule has 1 aromatic rings. The fraction of sp³-hybridized carbons (Fsp3) is 0.706. The van der Waals surface area contributed by atoms with Gasteiger partial charge in [-0.05, 0) is 87.2 Å². The van der Waals surface area contributed by atoms with E-state index in [2.05, 4.69) is 49.3 Å². The van der Waals surface area contributed by atoms with Crippen molar-refractivity contribution in [3.63, 3.8) is 0 Å². The van der Waals surface area contributed by atoms with Gasteiger partial charge in [0.15, 0.2) is 0 Å². The Kier molecular flexibility index (Phi) is 10.4. The van der Waals surface area contributed by atoms with Crippen LogP contribution in [0.2, 0.25) is 0 Å². The van der Waals surface area contributed by atoms with Gasteiger partial charge < -0.3 is 19.1 Å². The van der Waals surface area contributed by atoms with Crippen molar-refractivity contribution in [2.45, 2.75) is 72.1 Å². The first-order valence-electron chi connectivity index (χ1n) is 15.6. The zero-order valence-corrected chi connectivity index (χ0v) is 26.1. The number of hydrogen-bond donors (Lipinski definition) is 0. The van der Waals surface area contributed by atoms with Crippen LogP contribution in [0, 0.1) is 28.6 Å². The monoisotopic (exact) mass is 568 g/mol. The number of ether oxygens (including phenoxy) is 3. The minimum atomic E-state index is -0.401. The molecule has 1 aromatic carbocycles. The lowest BCUT2D eigenvalue weighted by Crippen LogP contribution is -2.53. The highest BCUT2D eigenvalue weighted by atomic mass is 16.5. The third-order valence-corrected chi connectivity index (χ3v) is 10.6. The van der Waals surface area contributed by atoms with Gasteiger partial charge in [-0.15, -0.1) is 0 Å². The largest absolute Gasteiger partial charge is 0.497 e. The molecule has 5 atom stereocenters. The van der Waals surface area contributed by atoms with Gasteiger partial charge in [-0.25, -0.2) is 0 Å². The van der Waals surface area contributed by atoms with E-state index in [0.29, 0.717) is 30.9 Å². The van der Waals surface area contributed by atoms with E-state index in [0.717, 1.165) is 89.0 Å². The molecule has 0 radical (unpaired) electrons. The summed E-state index contributed by atoms with van der Waals surface area (Å²) in [5.41, 5.74) is 2.19. The number of allylic oxidation sites excluding steroid dienone is 1. The van der Waals surface area contributed by atoms with Crippen molar-refractivity contribution in [1.82, 2.24) is 4.90 Å². The van der Waals surface area contributed by atoms with E-state index in [1.807, 2.05) is 12.1 Å². The number of benzene rings is 1. The lowest BCUT2D eigenvalue weighted by atomic mass is 9.46. The SMILES string of the molecule is C=C1CC[C@@H]2[C@](C)(CCC[C@]2(C)C(=O)OC)[C@H]1CC[C@H](C)CCOC(=O)CN1CCN(c2cccc(OC)c2)CC1. The Bertz CT molecular complexity index is 1070. The van der Waals surface area contributed by atoms with Crippen molar-refractivity contribution < 1.29 is 23.8 Å². The fourth-order valence-electron chi connectivity index (χ4n) is 8.13. The summed E-state index contributed by atoms with van der Waals surface area (Å²) in [4.78, 5) is 29.9. The Morgan fingerprint density at radius 3 is 2.56 bits per heavy atom. The number of rotatable bonds is 11. The van der Waals surface area contributed by atoms with Gasteiger partial charge in [0, 0.05) is 37.9 Å². The maximum Gasteiger partial charge on any atom is 0.320 e. The number of carbonyl (C=O) groups is 2. The molecule has 1 saturated heterocycles. The normalized spacial score (nSPS) is 29.4. The average molecular weight is 569 g/mol. The van der Waals surface area contributed by atoms with E-state index < -0.39 is 5.41 Å². The Hall–Kier alpha value is -2.54. The highest BCUT2D eigenvalue weighted by Gasteiger charge is 2.57. The fourth-order valence-corrected chi connectivity index (χ4v) is 8.13. The van der Waals surface area contributed by atoms with E-state index in [1.165, 1.54) is 12.7 Å². The predicted octanol–water partition coefficient (Wildman–Crippen LogP) is 6.12. The van der Waals surface area contributed by atoms with Crippen molar-refractivity contribution in [3.05, 3.63) is 36.4 Å². The first-order chi connectivity index (χ1) is 19.6. The number of methoxy groups -OCH3 is 2. The van der Waals surface area contributed by atoms with Gasteiger partial charge in [-0.2, -0.15) is 0 Å². The molecule has 2 aliphatic carbocycles. The zero-order chi connectivity index (χ0) is 29.6. The van der Waals surface area contributed by atoms with Gasteiger partial charge >= 0.3 is 11.9 Å². The zero-order valence-electron chi connectivity index (χ0n) is 26.1. The molecule has 0 aromatic heterocycles. The van der Waals surface area contributed by atoms with Crippen LogP contribution in [-0.2, 0) is 19.1 Å². The summed E-state index contributed by atoms with van der Waals surface area (Å²) in [6, 6.07) is 8.13. The Balaban J connectivity index is 1.18. The van der Waals surface area contributed by atoms with Crippen LogP contribution in [0.5, 0.6) is 5.75 Å². The topological polar surface area (TPSA) is 68.3 Å². The van der Waals surface area contributed by atoms with Crippen LogP contribution < -0.4 is 9.64 Å². The van der Waals surface area contributed by atoms with Crippen molar-refractivity contribution >= 4 is 17.6 Å². The number of fused-ring (bicyclic) bond motifs is 1. The van der Waals surface area contributed by atoms with Crippen LogP contribution in [0.3, 0.4) is 0 Å². The number of hydrogen-bond acceptors (Lipinski definition) is 7. The highest BCUT2D eigenvalue weighted by molar-refractivity contribution is 5.77. The van der Waals surface area contributed by atoms with Gasteiger partial charge in [0.1, 0.15) is 5.75 Å². The third kappa shape index (κ3) is 7.10. The minimum absolute atomic E-state index is 0.0476. The van der Waals surface area contributed by atoms with Crippen molar-refractivity contribution in [1.29, 1.82) is 0 Å². The summed E-state index contributed by atoms with van der Waals surface area (Å²) in [5, 5.41) is 0. The van der Waals surface area contributed by atoms with Gasteiger partial charge in [-0.3, -0.25) is 14.5 Å². The summed E-state index contributed by atoms with van der Waals surface area (Å²) in [6.07, 6.45) is 8.17. The van der Waals surface area contributed by atoms with Crippen LogP contribution in [0.25, 0.3) is 0 Å². The smallest absolute Gasteiger partial charge is 0.320 e. The van der Waals surface area contributed by atoms with Gasteiger partial charge in [0.2, 0.25) is 0 Å². The molecule has 0 unspecified atom stereocenters. The average Bonchev–Trinajstić information content (AvgIpc) is 2.96. The first-order valence-corrected chi connectivity index (χ1v) is 15.6. The van der Waals surface area contributed by atoms with Crippen molar-refractivity contribution in [2.24, 2.45) is 28.6 Å². The molecule has 2 saturated carbocycles. The van der Waals surface area contributed by atoms with Gasteiger partial charge in [0.25, 0.3) is 0 Å². The number of piperazine rings is 1. The molecule has 0 N–H and O–H groups in total. The summed E-state index contributed by atoms with van der Waals surface area (Å²) in [7, 11) is 3.21. The van der Waals surface area contributed by atoms with Crippen molar-refractivity contribution in [3.8, 4) is 5.75 Å². The molecule has 228 valence electrons. The molecule has 41 heavy (non-hydrogen) atoms. The molecule has 0 spiro atoms. The van der Waals surface area contributed by atoms with Crippen LogP contribution in [-0.4, -0.2) is 70.4 Å². The van der Waals surface area contributed by atoms with Crippen LogP contribution in [0.4, 0.5) is 5.69 Å². The van der Waals surface area contributed by atoms with E-state index in [4.69, 9.17) is 14.2 Å². The quantitative estimate of drug-likeness (QED) is 0.235. The Labute approximate surface area is 247 Å². The molecule has 3 fully saturated rings. The number of anilines is 1. The predicted molar refractivity (Wildman–Crippen MR) is 163 cm³/mol. The molecule has 1 aliphatic heterocycles. The van der Waals surface area contributed by atoms with Crippen LogP contribution in [0.1, 0.15) is 72.1 Å². The van der Waals surface area contributed by atoms with Crippen LogP contribution in [0.15, 0.2) is 36.4 Å². The number of nitrogens with zero attached hydrogens (tertiary/aromatic N) is 2. The first kappa shape index (κ1) is 31.4. The molecule has 0 amide bonds. The molecule has 4 rings (SSSR count).